The second kappa shape index (κ2) is 7.18. The van der Waals surface area contributed by atoms with E-state index in [0.717, 1.165) is 0 Å². The lowest BCUT2D eigenvalue weighted by Gasteiger charge is -2.12. The molecule has 3 rings (SSSR count). The second-order valence-corrected chi connectivity index (χ2v) is 5.48. The number of aliphatic hydroxyl groups excluding tert-OH is 1. The van der Waals surface area contributed by atoms with Crippen LogP contribution in [0.2, 0.25) is 0 Å². The highest BCUT2D eigenvalue weighted by molar-refractivity contribution is 5.94. The number of fused-ring (bicyclic) bond motifs is 1. The van der Waals surface area contributed by atoms with E-state index in [9.17, 15) is 20.0 Å². The first kappa shape index (κ1) is 16.7. The van der Waals surface area contributed by atoms with Crippen molar-refractivity contribution in [2.75, 3.05) is 13.3 Å². The molecular formula is C17H16N2O6. The van der Waals surface area contributed by atoms with E-state index < -0.39 is 16.9 Å². The van der Waals surface area contributed by atoms with Crippen molar-refractivity contribution in [1.82, 2.24) is 5.32 Å². The van der Waals surface area contributed by atoms with Gasteiger partial charge in [0.2, 0.25) is 6.79 Å². The van der Waals surface area contributed by atoms with Gasteiger partial charge in [-0.3, -0.25) is 14.9 Å². The number of non-ortho nitro benzene ring substituents is 1. The number of carbonyl (C=O) groups is 1. The third kappa shape index (κ3) is 3.86. The van der Waals surface area contributed by atoms with E-state index in [1.54, 1.807) is 18.2 Å². The maximum atomic E-state index is 12.0. The van der Waals surface area contributed by atoms with E-state index in [-0.39, 0.29) is 24.6 Å². The van der Waals surface area contributed by atoms with Crippen molar-refractivity contribution in [1.29, 1.82) is 0 Å². The van der Waals surface area contributed by atoms with Crippen LogP contribution in [-0.2, 0) is 0 Å². The average molecular weight is 344 g/mol. The molecule has 1 amide bonds. The molecule has 2 N–H and O–H groups in total. The molecule has 1 heterocycles. The van der Waals surface area contributed by atoms with Crippen LogP contribution in [0.25, 0.3) is 0 Å². The number of nitrogens with zero attached hydrogens (tertiary/aromatic N) is 1. The highest BCUT2D eigenvalue weighted by atomic mass is 16.7. The largest absolute Gasteiger partial charge is 0.454 e. The zero-order valence-corrected chi connectivity index (χ0v) is 13.2. The molecule has 1 aliphatic rings. The Morgan fingerprint density at radius 1 is 1.24 bits per heavy atom. The molecule has 0 bridgehead atoms. The molecule has 1 unspecified atom stereocenters. The van der Waals surface area contributed by atoms with Crippen LogP contribution in [0.4, 0.5) is 5.69 Å². The summed E-state index contributed by atoms with van der Waals surface area (Å²) in [5.41, 5.74) is 0.716. The maximum Gasteiger partial charge on any atom is 0.270 e. The molecule has 25 heavy (non-hydrogen) atoms. The lowest BCUT2D eigenvalue weighted by Crippen LogP contribution is -2.25. The second-order valence-electron chi connectivity index (χ2n) is 5.48. The quantitative estimate of drug-likeness (QED) is 0.614. The van der Waals surface area contributed by atoms with Gasteiger partial charge in [-0.15, -0.1) is 0 Å². The molecule has 0 fully saturated rings. The lowest BCUT2D eigenvalue weighted by molar-refractivity contribution is -0.384. The number of rotatable bonds is 6. The van der Waals surface area contributed by atoms with Crippen molar-refractivity contribution in [3.8, 4) is 11.5 Å². The molecule has 2 aromatic carbocycles. The average Bonchev–Trinajstić information content (AvgIpc) is 3.09. The fraction of sp³-hybridized carbons (Fsp3) is 0.235. The summed E-state index contributed by atoms with van der Waals surface area (Å²) in [6, 6.07) is 10.6. The van der Waals surface area contributed by atoms with E-state index in [1.165, 1.54) is 24.3 Å². The van der Waals surface area contributed by atoms with Crippen LogP contribution in [0, 0.1) is 10.1 Å². The summed E-state index contributed by atoms with van der Waals surface area (Å²) >= 11 is 0. The summed E-state index contributed by atoms with van der Waals surface area (Å²) in [6.45, 7) is 0.380. The van der Waals surface area contributed by atoms with Crippen LogP contribution in [0.15, 0.2) is 42.5 Å². The van der Waals surface area contributed by atoms with Crippen molar-refractivity contribution in [3.63, 3.8) is 0 Å². The van der Waals surface area contributed by atoms with Gasteiger partial charge in [0, 0.05) is 24.2 Å². The van der Waals surface area contributed by atoms with Gasteiger partial charge in [0.1, 0.15) is 0 Å². The summed E-state index contributed by atoms with van der Waals surface area (Å²) in [6.07, 6.45) is -0.486. The van der Waals surface area contributed by atoms with Gasteiger partial charge in [0.05, 0.1) is 11.0 Å². The van der Waals surface area contributed by atoms with Crippen LogP contribution in [0.5, 0.6) is 11.5 Å². The molecule has 0 saturated heterocycles. The van der Waals surface area contributed by atoms with Gasteiger partial charge in [-0.1, -0.05) is 12.1 Å². The topological polar surface area (TPSA) is 111 Å². The van der Waals surface area contributed by atoms with Crippen LogP contribution < -0.4 is 14.8 Å². The number of nitro groups is 1. The summed E-state index contributed by atoms with van der Waals surface area (Å²) in [4.78, 5) is 22.2. The molecule has 1 aliphatic heterocycles. The predicted octanol–water partition coefficient (Wildman–Crippen LogP) is 2.18. The van der Waals surface area contributed by atoms with Crippen molar-refractivity contribution in [3.05, 3.63) is 63.7 Å². The molecule has 0 saturated carbocycles. The SMILES string of the molecule is O=C(NCCC(O)c1ccc2c(c1)OCO2)c1cccc([N+](=O)[O-])c1. The third-order valence-electron chi connectivity index (χ3n) is 3.80. The normalized spacial score (nSPS) is 13.3. The number of aliphatic hydroxyl groups is 1. The lowest BCUT2D eigenvalue weighted by atomic mass is 10.1. The van der Waals surface area contributed by atoms with Crippen LogP contribution in [0.1, 0.15) is 28.4 Å². The summed E-state index contributed by atoms with van der Waals surface area (Å²) in [7, 11) is 0. The highest BCUT2D eigenvalue weighted by Gasteiger charge is 2.17. The molecule has 8 heteroatoms. The summed E-state index contributed by atoms with van der Waals surface area (Å²) in [5.74, 6) is 0.786. The van der Waals surface area contributed by atoms with Crippen LogP contribution in [-0.4, -0.2) is 29.3 Å². The first-order valence-corrected chi connectivity index (χ1v) is 7.65. The van der Waals surface area contributed by atoms with E-state index in [2.05, 4.69) is 5.32 Å². The molecular weight excluding hydrogens is 328 g/mol. The molecule has 2 aromatic rings. The predicted molar refractivity (Wildman–Crippen MR) is 87.6 cm³/mol. The standard InChI is InChI=1S/C17H16N2O6/c20-14(11-4-5-15-16(9-11)25-10-24-15)6-7-18-17(21)12-2-1-3-13(8-12)19(22)23/h1-5,8-9,14,20H,6-7,10H2,(H,18,21). The van der Waals surface area contributed by atoms with Gasteiger partial charge >= 0.3 is 0 Å². The van der Waals surface area contributed by atoms with Crippen molar-refractivity contribution in [2.24, 2.45) is 0 Å². The van der Waals surface area contributed by atoms with E-state index >= 15 is 0 Å². The number of hydrogen-bond acceptors (Lipinski definition) is 6. The molecule has 0 aliphatic carbocycles. The molecule has 0 spiro atoms. The Morgan fingerprint density at radius 2 is 2.04 bits per heavy atom. The Morgan fingerprint density at radius 3 is 2.84 bits per heavy atom. The first-order valence-electron chi connectivity index (χ1n) is 7.65. The summed E-state index contributed by atoms with van der Waals surface area (Å²) in [5, 5.41) is 23.6. The number of nitro benzene ring substituents is 1. The minimum Gasteiger partial charge on any atom is -0.454 e. The Labute approximate surface area is 143 Å². The fourth-order valence-corrected chi connectivity index (χ4v) is 2.47. The molecule has 1 atom stereocenters. The summed E-state index contributed by atoms with van der Waals surface area (Å²) < 4.78 is 10.5. The Bertz CT molecular complexity index is 807. The van der Waals surface area contributed by atoms with Crippen LogP contribution in [0.3, 0.4) is 0 Å². The number of amides is 1. The number of carbonyl (C=O) groups excluding carboxylic acids is 1. The maximum absolute atomic E-state index is 12.0. The minimum absolute atomic E-state index is 0.145. The van der Waals surface area contributed by atoms with E-state index in [1.807, 2.05) is 0 Å². The van der Waals surface area contributed by atoms with Crippen molar-refractivity contribution >= 4 is 11.6 Å². The smallest absolute Gasteiger partial charge is 0.270 e. The van der Waals surface area contributed by atoms with Crippen molar-refractivity contribution in [2.45, 2.75) is 12.5 Å². The fourth-order valence-electron chi connectivity index (χ4n) is 2.47. The van der Waals surface area contributed by atoms with E-state index in [4.69, 9.17) is 9.47 Å². The molecule has 0 radical (unpaired) electrons. The van der Waals surface area contributed by atoms with Crippen LogP contribution >= 0.6 is 0 Å². The Kier molecular flexibility index (Phi) is 4.80. The van der Waals surface area contributed by atoms with Gasteiger partial charge in [-0.25, -0.2) is 0 Å². The van der Waals surface area contributed by atoms with Gasteiger partial charge in [0.15, 0.2) is 11.5 Å². The Balaban J connectivity index is 1.54. The molecule has 130 valence electrons. The third-order valence-corrected chi connectivity index (χ3v) is 3.80. The van der Waals surface area contributed by atoms with Gasteiger partial charge < -0.3 is 19.9 Å². The van der Waals surface area contributed by atoms with Gasteiger partial charge in [-0.05, 0) is 30.2 Å². The minimum atomic E-state index is -0.778. The number of nitrogens with one attached hydrogen (secondary N) is 1. The molecule has 8 nitrogen and oxygen atoms in total. The van der Waals surface area contributed by atoms with Crippen molar-refractivity contribution < 1.29 is 24.3 Å². The van der Waals surface area contributed by atoms with E-state index in [0.29, 0.717) is 23.5 Å². The van der Waals surface area contributed by atoms with Gasteiger partial charge in [0.25, 0.3) is 11.6 Å². The zero-order chi connectivity index (χ0) is 17.8. The zero-order valence-electron chi connectivity index (χ0n) is 13.2. The highest BCUT2D eigenvalue weighted by Crippen LogP contribution is 2.34. The number of hydrogen-bond donors (Lipinski definition) is 2. The number of ether oxygens (including phenoxy) is 2. The first-order chi connectivity index (χ1) is 12.0. The monoisotopic (exact) mass is 344 g/mol. The number of benzene rings is 2. The molecule has 0 aromatic heterocycles. The Hall–Kier alpha value is -3.13. The van der Waals surface area contributed by atoms with Gasteiger partial charge in [-0.2, -0.15) is 0 Å².